The fraction of sp³-hybridized carbons (Fsp3) is 0.300. The van der Waals surface area contributed by atoms with E-state index < -0.39 is 0 Å². The topological polar surface area (TPSA) is 12.9 Å². The molecule has 0 bridgehead atoms. The van der Waals surface area contributed by atoms with Crippen molar-refractivity contribution in [2.45, 2.75) is 20.3 Å². The van der Waals surface area contributed by atoms with E-state index in [1.165, 1.54) is 16.0 Å². The Hall–Kier alpha value is -0.890. The van der Waals surface area contributed by atoms with Gasteiger partial charge in [0.05, 0.1) is 10.2 Å². The van der Waals surface area contributed by atoms with Gasteiger partial charge in [0.1, 0.15) is 0 Å². The highest BCUT2D eigenvalue weighted by Gasteiger charge is 2.01. The van der Waals surface area contributed by atoms with E-state index in [0.717, 1.165) is 11.9 Å². The van der Waals surface area contributed by atoms with Gasteiger partial charge in [0.15, 0.2) is 0 Å². The molecule has 2 aromatic rings. The number of thiophene rings is 1. The Balaban J connectivity index is 2.73. The zero-order valence-corrected chi connectivity index (χ0v) is 8.11. The fourth-order valence-electron chi connectivity index (χ4n) is 1.39. The summed E-state index contributed by atoms with van der Waals surface area (Å²) in [7, 11) is 0. The number of hydrogen-bond donors (Lipinski definition) is 0. The summed E-state index contributed by atoms with van der Waals surface area (Å²) in [6, 6.07) is 4.33. The monoisotopic (exact) mass is 177 g/mol. The predicted octanol–water partition coefficient (Wildman–Crippen LogP) is 3.17. The molecule has 2 heteroatoms. The van der Waals surface area contributed by atoms with E-state index >= 15 is 0 Å². The van der Waals surface area contributed by atoms with Crippen molar-refractivity contribution in [1.29, 1.82) is 0 Å². The number of hydrogen-bond acceptors (Lipinski definition) is 2. The van der Waals surface area contributed by atoms with Crippen LogP contribution in [0.2, 0.25) is 0 Å². The van der Waals surface area contributed by atoms with Gasteiger partial charge in [0.25, 0.3) is 0 Å². The lowest BCUT2D eigenvalue weighted by Gasteiger charge is -2.00. The number of nitrogens with zero attached hydrogens (tertiary/aromatic N) is 1. The molecule has 0 amide bonds. The summed E-state index contributed by atoms with van der Waals surface area (Å²) < 4.78 is 1.30. The van der Waals surface area contributed by atoms with Gasteiger partial charge in [-0.05, 0) is 36.4 Å². The highest BCUT2D eigenvalue weighted by molar-refractivity contribution is 7.17. The molecule has 0 radical (unpaired) electrons. The summed E-state index contributed by atoms with van der Waals surface area (Å²) in [5.41, 5.74) is 3.67. The largest absolute Gasteiger partial charge is 0.252 e. The lowest BCUT2D eigenvalue weighted by Crippen LogP contribution is -1.89. The molecule has 62 valence electrons. The van der Waals surface area contributed by atoms with Crippen LogP contribution in [0.4, 0.5) is 0 Å². The van der Waals surface area contributed by atoms with Crippen LogP contribution in [0, 0.1) is 6.92 Å². The van der Waals surface area contributed by atoms with Crippen LogP contribution in [0.15, 0.2) is 17.5 Å². The van der Waals surface area contributed by atoms with Crippen molar-refractivity contribution in [3.63, 3.8) is 0 Å². The van der Waals surface area contributed by atoms with Gasteiger partial charge in [0.2, 0.25) is 0 Å². The smallest absolute Gasteiger partial charge is 0.0813 e. The van der Waals surface area contributed by atoms with Crippen LogP contribution >= 0.6 is 11.3 Å². The molecule has 0 spiro atoms. The van der Waals surface area contributed by atoms with Crippen LogP contribution in [-0.4, -0.2) is 4.98 Å². The Morgan fingerprint density at radius 1 is 1.50 bits per heavy atom. The number of fused-ring (bicyclic) bond motifs is 1. The van der Waals surface area contributed by atoms with Crippen molar-refractivity contribution in [2.75, 3.05) is 0 Å². The van der Waals surface area contributed by atoms with E-state index in [-0.39, 0.29) is 0 Å². The van der Waals surface area contributed by atoms with E-state index in [0.29, 0.717) is 0 Å². The summed E-state index contributed by atoms with van der Waals surface area (Å²) in [4.78, 5) is 4.52. The first-order valence-corrected chi connectivity index (χ1v) is 5.03. The van der Waals surface area contributed by atoms with Crippen molar-refractivity contribution >= 4 is 21.6 Å². The third-order valence-corrected chi connectivity index (χ3v) is 2.97. The third-order valence-electron chi connectivity index (χ3n) is 2.11. The predicted molar refractivity (Wildman–Crippen MR) is 53.7 cm³/mol. The van der Waals surface area contributed by atoms with Gasteiger partial charge in [-0.1, -0.05) is 6.92 Å². The Morgan fingerprint density at radius 3 is 3.08 bits per heavy atom. The Bertz CT molecular complexity index is 403. The van der Waals surface area contributed by atoms with E-state index in [2.05, 4.69) is 36.3 Å². The molecule has 0 aliphatic carbocycles. The Labute approximate surface area is 76.1 Å². The Morgan fingerprint density at radius 2 is 2.33 bits per heavy atom. The lowest BCUT2D eigenvalue weighted by molar-refractivity contribution is 1.07. The van der Waals surface area contributed by atoms with Crippen molar-refractivity contribution < 1.29 is 0 Å². The number of aromatic nitrogens is 1. The third kappa shape index (κ3) is 1.12. The maximum atomic E-state index is 4.52. The van der Waals surface area contributed by atoms with Gasteiger partial charge in [-0.2, -0.15) is 0 Å². The molecule has 0 fully saturated rings. The minimum atomic E-state index is 1.08. The number of pyridine rings is 1. The SMILES string of the molecule is CCc1cc2sccc2nc1C. The first-order chi connectivity index (χ1) is 5.81. The first kappa shape index (κ1) is 7.74. The fourth-order valence-corrected chi connectivity index (χ4v) is 2.18. The molecule has 0 aliphatic rings. The first-order valence-electron chi connectivity index (χ1n) is 4.15. The molecular formula is C10H11NS. The molecule has 2 heterocycles. The second kappa shape index (κ2) is 2.87. The molecule has 0 aliphatic heterocycles. The van der Waals surface area contributed by atoms with E-state index in [1.54, 1.807) is 11.3 Å². The minimum absolute atomic E-state index is 1.08. The summed E-state index contributed by atoms with van der Waals surface area (Å²) in [5, 5.41) is 2.09. The molecule has 1 nitrogen and oxygen atoms in total. The molecule has 0 atom stereocenters. The van der Waals surface area contributed by atoms with E-state index in [9.17, 15) is 0 Å². The highest BCUT2D eigenvalue weighted by atomic mass is 32.1. The van der Waals surface area contributed by atoms with Crippen LogP contribution < -0.4 is 0 Å². The second-order valence-electron chi connectivity index (χ2n) is 2.89. The maximum absolute atomic E-state index is 4.52. The van der Waals surface area contributed by atoms with Gasteiger partial charge in [-0.25, -0.2) is 0 Å². The summed E-state index contributed by atoms with van der Waals surface area (Å²) in [6.45, 7) is 4.25. The van der Waals surface area contributed by atoms with Gasteiger partial charge < -0.3 is 0 Å². The summed E-state index contributed by atoms with van der Waals surface area (Å²) in [5.74, 6) is 0. The van der Waals surface area contributed by atoms with E-state index in [1.807, 2.05) is 0 Å². The van der Waals surface area contributed by atoms with Crippen LogP contribution in [-0.2, 0) is 6.42 Å². The average molecular weight is 177 g/mol. The van der Waals surface area contributed by atoms with Crippen molar-refractivity contribution in [3.05, 3.63) is 28.8 Å². The van der Waals surface area contributed by atoms with Gasteiger partial charge in [-0.3, -0.25) is 4.98 Å². The van der Waals surface area contributed by atoms with Crippen LogP contribution in [0.25, 0.3) is 10.2 Å². The van der Waals surface area contributed by atoms with E-state index in [4.69, 9.17) is 0 Å². The number of aryl methyl sites for hydroxylation is 2. The van der Waals surface area contributed by atoms with Crippen LogP contribution in [0.3, 0.4) is 0 Å². The molecule has 2 aromatic heterocycles. The molecule has 12 heavy (non-hydrogen) atoms. The molecule has 0 N–H and O–H groups in total. The van der Waals surface area contributed by atoms with Crippen molar-refractivity contribution in [3.8, 4) is 0 Å². The molecule has 0 saturated heterocycles. The molecule has 2 rings (SSSR count). The van der Waals surface area contributed by atoms with Gasteiger partial charge >= 0.3 is 0 Å². The van der Waals surface area contributed by atoms with Gasteiger partial charge in [0, 0.05) is 5.69 Å². The zero-order valence-electron chi connectivity index (χ0n) is 7.29. The highest BCUT2D eigenvalue weighted by Crippen LogP contribution is 2.21. The van der Waals surface area contributed by atoms with Crippen molar-refractivity contribution in [2.24, 2.45) is 0 Å². The molecule has 0 aromatic carbocycles. The molecule has 0 saturated carbocycles. The second-order valence-corrected chi connectivity index (χ2v) is 3.84. The van der Waals surface area contributed by atoms with Crippen molar-refractivity contribution in [1.82, 2.24) is 4.98 Å². The zero-order chi connectivity index (χ0) is 8.55. The minimum Gasteiger partial charge on any atom is -0.252 e. The van der Waals surface area contributed by atoms with Gasteiger partial charge in [-0.15, -0.1) is 11.3 Å². The quantitative estimate of drug-likeness (QED) is 0.652. The maximum Gasteiger partial charge on any atom is 0.0813 e. The number of rotatable bonds is 1. The average Bonchev–Trinajstić information content (AvgIpc) is 2.49. The Kier molecular flexibility index (Phi) is 1.85. The standard InChI is InChI=1S/C10H11NS/c1-3-8-6-10-9(4-5-12-10)11-7(8)2/h4-6H,3H2,1-2H3. The molecule has 0 unspecified atom stereocenters. The summed E-state index contributed by atoms with van der Waals surface area (Å²) in [6.07, 6.45) is 1.08. The summed E-state index contributed by atoms with van der Waals surface area (Å²) >= 11 is 1.76. The normalized spacial score (nSPS) is 10.8. The lowest BCUT2D eigenvalue weighted by atomic mass is 10.1. The van der Waals surface area contributed by atoms with Crippen LogP contribution in [0.1, 0.15) is 18.2 Å². The molecular weight excluding hydrogens is 166 g/mol. The van der Waals surface area contributed by atoms with Crippen LogP contribution in [0.5, 0.6) is 0 Å².